The second kappa shape index (κ2) is 7.01. The van der Waals surface area contributed by atoms with E-state index in [2.05, 4.69) is 21.9 Å². The molecule has 24 heavy (non-hydrogen) atoms. The van der Waals surface area contributed by atoms with Gasteiger partial charge in [-0.25, -0.2) is 15.0 Å². The summed E-state index contributed by atoms with van der Waals surface area (Å²) in [5.41, 5.74) is 3.34. The Bertz CT molecular complexity index is 861. The van der Waals surface area contributed by atoms with Gasteiger partial charge in [-0.05, 0) is 54.8 Å². The average molecular weight is 344 g/mol. The lowest BCUT2D eigenvalue weighted by atomic mass is 10.1. The number of aromatic nitrogens is 3. The highest BCUT2D eigenvalue weighted by atomic mass is 35.5. The maximum absolute atomic E-state index is 5.96. The van der Waals surface area contributed by atoms with Crippen molar-refractivity contribution >= 4 is 11.6 Å². The number of hydrogen-bond acceptors (Lipinski definition) is 5. The largest absolute Gasteiger partial charge is 0.497 e. The summed E-state index contributed by atoms with van der Waals surface area (Å²) in [6, 6.07) is 7.71. The third-order valence-corrected chi connectivity index (χ3v) is 3.74. The first-order valence-electron chi connectivity index (χ1n) is 7.75. The summed E-state index contributed by atoms with van der Waals surface area (Å²) in [5.74, 6) is 2.05. The molecule has 0 aliphatic carbocycles. The summed E-state index contributed by atoms with van der Waals surface area (Å²) in [4.78, 5) is 12.8. The average Bonchev–Trinajstić information content (AvgIpc) is 2.98. The lowest BCUT2D eigenvalue weighted by Crippen LogP contribution is -1.90. The summed E-state index contributed by atoms with van der Waals surface area (Å²) in [6.45, 7) is 4.10. The van der Waals surface area contributed by atoms with Crippen molar-refractivity contribution < 1.29 is 9.15 Å². The molecule has 0 fully saturated rings. The van der Waals surface area contributed by atoms with Gasteiger partial charge in [-0.2, -0.15) is 0 Å². The van der Waals surface area contributed by atoms with Crippen molar-refractivity contribution in [2.45, 2.75) is 26.7 Å². The van der Waals surface area contributed by atoms with Gasteiger partial charge in [-0.15, -0.1) is 0 Å². The smallest absolute Gasteiger partial charge is 0.222 e. The minimum absolute atomic E-state index is 0.175. The van der Waals surface area contributed by atoms with Crippen LogP contribution in [0.4, 0.5) is 0 Å². The molecule has 5 nitrogen and oxygen atoms in total. The Labute approximate surface area is 145 Å². The highest BCUT2D eigenvalue weighted by Crippen LogP contribution is 2.34. The molecule has 3 rings (SSSR count). The molecule has 2 heterocycles. The molecule has 0 bridgehead atoms. The van der Waals surface area contributed by atoms with E-state index < -0.39 is 0 Å². The highest BCUT2D eigenvalue weighted by Gasteiger charge is 2.19. The van der Waals surface area contributed by atoms with Crippen LogP contribution in [0.3, 0.4) is 0 Å². The normalized spacial score (nSPS) is 10.8. The number of benzene rings is 1. The lowest BCUT2D eigenvalue weighted by molar-refractivity contribution is 0.414. The van der Waals surface area contributed by atoms with Crippen LogP contribution in [0.25, 0.3) is 22.7 Å². The summed E-state index contributed by atoms with van der Waals surface area (Å²) in [5, 5.41) is 0.175. The summed E-state index contributed by atoms with van der Waals surface area (Å²) >= 11 is 5.93. The van der Waals surface area contributed by atoms with Crippen LogP contribution in [-0.2, 0) is 6.42 Å². The number of ether oxygens (including phenoxy) is 1. The summed E-state index contributed by atoms with van der Waals surface area (Å²) in [6.07, 6.45) is 3.31. The van der Waals surface area contributed by atoms with E-state index in [4.69, 9.17) is 20.8 Å². The topological polar surface area (TPSA) is 61.0 Å². The molecule has 0 radical (unpaired) electrons. The van der Waals surface area contributed by atoms with Crippen molar-refractivity contribution in [3.63, 3.8) is 0 Å². The van der Waals surface area contributed by atoms with E-state index in [1.54, 1.807) is 19.4 Å². The van der Waals surface area contributed by atoms with Crippen LogP contribution in [0.1, 0.15) is 24.8 Å². The van der Waals surface area contributed by atoms with E-state index in [0.29, 0.717) is 17.3 Å². The van der Waals surface area contributed by atoms with Crippen LogP contribution >= 0.6 is 11.6 Å². The maximum atomic E-state index is 5.96. The summed E-state index contributed by atoms with van der Waals surface area (Å²) in [7, 11) is 1.65. The predicted molar refractivity (Wildman–Crippen MR) is 93.3 cm³/mol. The number of nitrogens with zero attached hydrogens (tertiary/aromatic N) is 3. The first kappa shape index (κ1) is 16.5. The fourth-order valence-corrected chi connectivity index (χ4v) is 2.67. The molecular formula is C18H18ClN3O2. The molecule has 2 aromatic heterocycles. The fourth-order valence-electron chi connectivity index (χ4n) is 2.52. The van der Waals surface area contributed by atoms with Crippen molar-refractivity contribution in [2.75, 3.05) is 7.11 Å². The van der Waals surface area contributed by atoms with Crippen molar-refractivity contribution in [1.29, 1.82) is 0 Å². The molecule has 0 saturated heterocycles. The Hall–Kier alpha value is -2.40. The Morgan fingerprint density at radius 2 is 2.04 bits per heavy atom. The molecule has 0 aliphatic heterocycles. The minimum atomic E-state index is 0.175. The van der Waals surface area contributed by atoms with Crippen LogP contribution in [0.2, 0.25) is 5.28 Å². The van der Waals surface area contributed by atoms with Crippen molar-refractivity contribution in [3.8, 4) is 28.5 Å². The zero-order chi connectivity index (χ0) is 17.1. The first-order chi connectivity index (χ1) is 11.6. The van der Waals surface area contributed by atoms with Gasteiger partial charge in [-0.1, -0.05) is 6.92 Å². The molecule has 1 aromatic carbocycles. The van der Waals surface area contributed by atoms with E-state index in [0.717, 1.165) is 35.4 Å². The predicted octanol–water partition coefficient (Wildman–Crippen LogP) is 4.72. The van der Waals surface area contributed by atoms with Crippen LogP contribution in [0.5, 0.6) is 5.75 Å². The molecule has 0 amide bonds. The Kier molecular flexibility index (Phi) is 4.81. The Morgan fingerprint density at radius 1 is 1.21 bits per heavy atom. The molecule has 6 heteroatoms. The van der Waals surface area contributed by atoms with Crippen molar-refractivity contribution in [3.05, 3.63) is 47.2 Å². The molecule has 0 unspecified atom stereocenters. The molecule has 0 atom stereocenters. The molecule has 124 valence electrons. The summed E-state index contributed by atoms with van der Waals surface area (Å²) < 4.78 is 11.3. The molecule has 0 N–H and O–H groups in total. The van der Waals surface area contributed by atoms with Gasteiger partial charge in [0.15, 0.2) is 11.7 Å². The van der Waals surface area contributed by atoms with Gasteiger partial charge in [-0.3, -0.25) is 0 Å². The van der Waals surface area contributed by atoms with Crippen LogP contribution in [-0.4, -0.2) is 22.1 Å². The van der Waals surface area contributed by atoms with E-state index in [9.17, 15) is 0 Å². The third-order valence-electron chi connectivity index (χ3n) is 3.55. The molecule has 3 aromatic rings. The number of methoxy groups -OCH3 is 1. The third kappa shape index (κ3) is 3.41. The number of oxazole rings is 1. The van der Waals surface area contributed by atoms with E-state index in [1.165, 1.54) is 0 Å². The Morgan fingerprint density at radius 3 is 2.75 bits per heavy atom. The van der Waals surface area contributed by atoms with E-state index in [1.807, 2.05) is 25.1 Å². The van der Waals surface area contributed by atoms with Crippen molar-refractivity contribution in [1.82, 2.24) is 15.0 Å². The van der Waals surface area contributed by atoms with E-state index >= 15 is 0 Å². The number of hydrogen-bond donors (Lipinski definition) is 0. The lowest BCUT2D eigenvalue weighted by Gasteiger charge is -2.06. The zero-order valence-corrected chi connectivity index (χ0v) is 14.6. The van der Waals surface area contributed by atoms with Gasteiger partial charge in [0, 0.05) is 18.2 Å². The maximum Gasteiger partial charge on any atom is 0.222 e. The molecule has 0 spiro atoms. The van der Waals surface area contributed by atoms with Gasteiger partial charge in [0.05, 0.1) is 7.11 Å². The first-order valence-corrected chi connectivity index (χ1v) is 8.13. The van der Waals surface area contributed by atoms with Crippen molar-refractivity contribution in [2.24, 2.45) is 0 Å². The van der Waals surface area contributed by atoms with Crippen LogP contribution < -0.4 is 4.74 Å². The zero-order valence-electron chi connectivity index (χ0n) is 13.8. The fraction of sp³-hybridized carbons (Fsp3) is 0.278. The monoisotopic (exact) mass is 343 g/mol. The van der Waals surface area contributed by atoms with Crippen LogP contribution in [0, 0.1) is 6.92 Å². The molecule has 0 saturated carbocycles. The highest BCUT2D eigenvalue weighted by molar-refractivity contribution is 6.28. The number of aryl methyl sites for hydroxylation is 2. The van der Waals surface area contributed by atoms with Crippen LogP contribution in [0.15, 0.2) is 34.9 Å². The second-order valence-corrected chi connectivity index (χ2v) is 5.82. The Balaban J connectivity index is 2.17. The quantitative estimate of drug-likeness (QED) is 0.627. The van der Waals surface area contributed by atoms with Gasteiger partial charge in [0.1, 0.15) is 17.1 Å². The molecule has 0 aliphatic rings. The SMILES string of the molecule is CCCc1nc(-c2cc(C)cc(OC)c2)c(-c2ccnc(Cl)n2)o1. The van der Waals surface area contributed by atoms with E-state index in [-0.39, 0.29) is 5.28 Å². The van der Waals surface area contributed by atoms with Gasteiger partial charge < -0.3 is 9.15 Å². The van der Waals surface area contributed by atoms with Gasteiger partial charge in [0.2, 0.25) is 5.28 Å². The minimum Gasteiger partial charge on any atom is -0.497 e. The standard InChI is InChI=1S/C18H18ClN3O2/c1-4-5-15-22-16(12-8-11(2)9-13(10-12)23-3)17(24-15)14-6-7-20-18(19)21-14/h6-10H,4-5H2,1-3H3. The molecular weight excluding hydrogens is 326 g/mol. The van der Waals surface area contributed by atoms with Gasteiger partial charge in [0.25, 0.3) is 0 Å². The second-order valence-electron chi connectivity index (χ2n) is 5.49. The van der Waals surface area contributed by atoms with Gasteiger partial charge >= 0.3 is 0 Å². The number of rotatable bonds is 5. The number of halogens is 1.